The number of aliphatic hydroxyl groups excluding tert-OH is 1. The fraction of sp³-hybridized carbons (Fsp3) is 0.600. The first kappa shape index (κ1) is 15.7. The van der Waals surface area contributed by atoms with Gasteiger partial charge in [-0.15, -0.1) is 0 Å². The molecule has 1 saturated heterocycles. The summed E-state index contributed by atoms with van der Waals surface area (Å²) in [6.07, 6.45) is 2.65. The van der Waals surface area contributed by atoms with Crippen molar-refractivity contribution in [1.29, 1.82) is 0 Å². The minimum atomic E-state index is -0.292. The van der Waals surface area contributed by atoms with Gasteiger partial charge in [-0.25, -0.2) is 4.39 Å². The van der Waals surface area contributed by atoms with Crippen LogP contribution in [-0.4, -0.2) is 31.0 Å². The van der Waals surface area contributed by atoms with E-state index >= 15 is 0 Å². The van der Waals surface area contributed by atoms with Gasteiger partial charge in [0.25, 0.3) is 0 Å². The molecular weight excluding hydrogens is 281 g/mol. The SMILES string of the molecule is OCCC(NCc1ccc(Cl)cc1F)C1CCOCC1. The van der Waals surface area contributed by atoms with E-state index in [4.69, 9.17) is 16.3 Å². The van der Waals surface area contributed by atoms with E-state index in [2.05, 4.69) is 5.32 Å². The molecule has 1 unspecified atom stereocenters. The van der Waals surface area contributed by atoms with Crippen LogP contribution in [0.25, 0.3) is 0 Å². The number of nitrogens with one attached hydrogen (secondary N) is 1. The maximum absolute atomic E-state index is 13.7. The average Bonchev–Trinajstić information content (AvgIpc) is 2.46. The first-order valence-corrected chi connectivity index (χ1v) is 7.44. The number of rotatable bonds is 6. The van der Waals surface area contributed by atoms with E-state index in [9.17, 15) is 9.50 Å². The van der Waals surface area contributed by atoms with Gasteiger partial charge in [0, 0.05) is 43.0 Å². The Morgan fingerprint density at radius 3 is 2.80 bits per heavy atom. The lowest BCUT2D eigenvalue weighted by Crippen LogP contribution is -2.39. The molecule has 0 spiro atoms. The molecule has 0 radical (unpaired) electrons. The minimum absolute atomic E-state index is 0.137. The van der Waals surface area contributed by atoms with Crippen LogP contribution < -0.4 is 5.32 Å². The Hall–Kier alpha value is -0.680. The summed E-state index contributed by atoms with van der Waals surface area (Å²) in [5, 5.41) is 13.0. The number of hydrogen-bond donors (Lipinski definition) is 2. The van der Waals surface area contributed by atoms with Gasteiger partial charge in [0.15, 0.2) is 0 Å². The van der Waals surface area contributed by atoms with Gasteiger partial charge in [0.2, 0.25) is 0 Å². The standard InChI is InChI=1S/C15H21ClFNO2/c16-13-2-1-12(14(17)9-13)10-18-15(3-6-19)11-4-7-20-8-5-11/h1-2,9,11,15,18-19H,3-8,10H2. The Morgan fingerprint density at radius 1 is 1.40 bits per heavy atom. The van der Waals surface area contributed by atoms with E-state index in [1.165, 1.54) is 6.07 Å². The van der Waals surface area contributed by atoms with Crippen LogP contribution in [0.15, 0.2) is 18.2 Å². The van der Waals surface area contributed by atoms with Crippen molar-refractivity contribution in [3.05, 3.63) is 34.6 Å². The lowest BCUT2D eigenvalue weighted by atomic mass is 9.89. The van der Waals surface area contributed by atoms with Crippen LogP contribution in [0, 0.1) is 11.7 Å². The van der Waals surface area contributed by atoms with Crippen LogP contribution >= 0.6 is 11.6 Å². The molecule has 1 aliphatic rings. The second-order valence-corrected chi connectivity index (χ2v) is 5.62. The maximum Gasteiger partial charge on any atom is 0.129 e. The first-order valence-electron chi connectivity index (χ1n) is 7.06. The molecule has 0 saturated carbocycles. The van der Waals surface area contributed by atoms with Crippen LogP contribution in [0.2, 0.25) is 5.02 Å². The average molecular weight is 302 g/mol. The van der Waals surface area contributed by atoms with Gasteiger partial charge in [0.05, 0.1) is 0 Å². The normalized spacial score (nSPS) is 18.1. The molecule has 1 aromatic carbocycles. The molecule has 0 aliphatic carbocycles. The Labute approximate surface area is 124 Å². The van der Waals surface area contributed by atoms with Gasteiger partial charge in [-0.1, -0.05) is 17.7 Å². The summed E-state index contributed by atoms with van der Waals surface area (Å²) >= 11 is 5.74. The molecule has 1 aromatic rings. The zero-order chi connectivity index (χ0) is 14.4. The van der Waals surface area contributed by atoms with Gasteiger partial charge >= 0.3 is 0 Å². The van der Waals surface area contributed by atoms with Gasteiger partial charge in [-0.3, -0.25) is 0 Å². The predicted molar refractivity (Wildman–Crippen MR) is 77.3 cm³/mol. The molecule has 20 heavy (non-hydrogen) atoms. The summed E-state index contributed by atoms with van der Waals surface area (Å²) in [6.45, 7) is 2.12. The largest absolute Gasteiger partial charge is 0.396 e. The van der Waals surface area contributed by atoms with E-state index in [0.717, 1.165) is 26.1 Å². The van der Waals surface area contributed by atoms with Crippen molar-refractivity contribution in [1.82, 2.24) is 5.32 Å². The molecule has 0 aromatic heterocycles. The molecular formula is C15H21ClFNO2. The summed E-state index contributed by atoms with van der Waals surface area (Å²) in [5.74, 6) is 0.186. The van der Waals surface area contributed by atoms with Gasteiger partial charge in [-0.05, 0) is 37.3 Å². The van der Waals surface area contributed by atoms with Gasteiger partial charge in [-0.2, -0.15) is 0 Å². The molecule has 1 aliphatic heterocycles. The fourth-order valence-electron chi connectivity index (χ4n) is 2.67. The van der Waals surface area contributed by atoms with Crippen LogP contribution in [0.1, 0.15) is 24.8 Å². The van der Waals surface area contributed by atoms with Crippen molar-refractivity contribution in [2.24, 2.45) is 5.92 Å². The van der Waals surface area contributed by atoms with Crippen molar-refractivity contribution in [2.45, 2.75) is 31.8 Å². The lowest BCUT2D eigenvalue weighted by Gasteiger charge is -2.31. The molecule has 2 rings (SSSR count). The van der Waals surface area contributed by atoms with Crippen molar-refractivity contribution in [2.75, 3.05) is 19.8 Å². The molecule has 1 heterocycles. The smallest absolute Gasteiger partial charge is 0.129 e. The molecule has 1 atom stereocenters. The van der Waals surface area contributed by atoms with E-state index in [-0.39, 0.29) is 18.5 Å². The minimum Gasteiger partial charge on any atom is -0.396 e. The fourth-order valence-corrected chi connectivity index (χ4v) is 2.83. The third kappa shape index (κ3) is 4.42. The van der Waals surface area contributed by atoms with E-state index in [1.54, 1.807) is 12.1 Å². The maximum atomic E-state index is 13.7. The van der Waals surface area contributed by atoms with Crippen molar-refractivity contribution in [3.63, 3.8) is 0 Å². The van der Waals surface area contributed by atoms with Gasteiger partial charge < -0.3 is 15.2 Å². The molecule has 1 fully saturated rings. The van der Waals surface area contributed by atoms with Crippen molar-refractivity contribution in [3.8, 4) is 0 Å². The zero-order valence-corrected chi connectivity index (χ0v) is 12.2. The Morgan fingerprint density at radius 2 is 2.15 bits per heavy atom. The van der Waals surface area contributed by atoms with E-state index < -0.39 is 0 Å². The number of hydrogen-bond acceptors (Lipinski definition) is 3. The highest BCUT2D eigenvalue weighted by molar-refractivity contribution is 6.30. The number of benzene rings is 1. The molecule has 3 nitrogen and oxygen atoms in total. The highest BCUT2D eigenvalue weighted by Crippen LogP contribution is 2.22. The van der Waals surface area contributed by atoms with E-state index in [0.29, 0.717) is 29.5 Å². The molecule has 112 valence electrons. The van der Waals surface area contributed by atoms with Crippen molar-refractivity contribution < 1.29 is 14.2 Å². The Balaban J connectivity index is 1.93. The summed E-state index contributed by atoms with van der Waals surface area (Å²) < 4.78 is 19.1. The molecule has 5 heteroatoms. The van der Waals surface area contributed by atoms with Crippen LogP contribution in [-0.2, 0) is 11.3 Å². The number of halogens is 2. The summed E-state index contributed by atoms with van der Waals surface area (Å²) in [5.41, 5.74) is 0.601. The topological polar surface area (TPSA) is 41.5 Å². The number of ether oxygens (including phenoxy) is 1. The summed E-state index contributed by atoms with van der Waals surface area (Å²) in [7, 11) is 0. The lowest BCUT2D eigenvalue weighted by molar-refractivity contribution is 0.0495. The quantitative estimate of drug-likeness (QED) is 0.849. The second kappa shape index (κ2) is 7.93. The van der Waals surface area contributed by atoms with E-state index in [1.807, 2.05) is 0 Å². The Kier molecular flexibility index (Phi) is 6.23. The van der Waals surface area contributed by atoms with Crippen LogP contribution in [0.3, 0.4) is 0 Å². The molecule has 0 bridgehead atoms. The number of aliphatic hydroxyl groups is 1. The molecule has 2 N–H and O–H groups in total. The zero-order valence-electron chi connectivity index (χ0n) is 11.4. The van der Waals surface area contributed by atoms with Crippen LogP contribution in [0.5, 0.6) is 0 Å². The predicted octanol–water partition coefficient (Wildman–Crippen LogP) is 2.75. The Bertz CT molecular complexity index is 424. The molecule has 0 amide bonds. The van der Waals surface area contributed by atoms with Gasteiger partial charge in [0.1, 0.15) is 5.82 Å². The summed E-state index contributed by atoms with van der Waals surface area (Å²) in [6, 6.07) is 4.91. The second-order valence-electron chi connectivity index (χ2n) is 5.19. The highest BCUT2D eigenvalue weighted by atomic mass is 35.5. The third-order valence-corrected chi connectivity index (χ3v) is 4.08. The monoisotopic (exact) mass is 301 g/mol. The highest BCUT2D eigenvalue weighted by Gasteiger charge is 2.23. The third-order valence-electron chi connectivity index (χ3n) is 3.84. The van der Waals surface area contributed by atoms with Crippen molar-refractivity contribution >= 4 is 11.6 Å². The first-order chi connectivity index (χ1) is 9.70. The van der Waals surface area contributed by atoms with Crippen LogP contribution in [0.4, 0.5) is 4.39 Å². The summed E-state index contributed by atoms with van der Waals surface area (Å²) in [4.78, 5) is 0.